The zero-order chi connectivity index (χ0) is 24.4. The summed E-state index contributed by atoms with van der Waals surface area (Å²) in [5.41, 5.74) is 4.89. The lowest BCUT2D eigenvalue weighted by Crippen LogP contribution is -2.48. The summed E-state index contributed by atoms with van der Waals surface area (Å²) in [5.74, 6) is -0.383. The van der Waals surface area contributed by atoms with E-state index in [0.29, 0.717) is 33.6 Å². The average molecular weight is 494 g/mol. The number of piperazine rings is 1. The number of rotatable bonds is 7. The molecule has 0 aliphatic carbocycles. The fourth-order valence-electron chi connectivity index (χ4n) is 4.43. The van der Waals surface area contributed by atoms with Crippen LogP contribution in [-0.4, -0.2) is 70.4 Å². The van der Waals surface area contributed by atoms with Gasteiger partial charge in [-0.05, 0) is 36.4 Å². The molecule has 0 radical (unpaired) electrons. The number of H-pyrrole nitrogens is 1. The number of pyridine rings is 2. The zero-order valence-corrected chi connectivity index (χ0v) is 20.7. The van der Waals surface area contributed by atoms with E-state index in [2.05, 4.69) is 50.2 Å². The zero-order valence-electron chi connectivity index (χ0n) is 19.9. The van der Waals surface area contributed by atoms with Gasteiger partial charge in [0.2, 0.25) is 0 Å². The smallest absolute Gasteiger partial charge is 0.132 e. The number of aromatic nitrogens is 4. The fourth-order valence-corrected chi connectivity index (χ4v) is 4.60. The lowest BCUT2D eigenvalue weighted by molar-refractivity contribution is 0.255. The van der Waals surface area contributed by atoms with Crippen molar-refractivity contribution in [1.29, 1.82) is 0 Å². The summed E-state index contributed by atoms with van der Waals surface area (Å²) in [6.45, 7) is 10.4. The maximum Gasteiger partial charge on any atom is 0.132 e. The molecule has 35 heavy (non-hydrogen) atoms. The van der Waals surface area contributed by atoms with E-state index in [-0.39, 0.29) is 5.82 Å². The molecule has 1 aromatic carbocycles. The van der Waals surface area contributed by atoms with Crippen LogP contribution in [0, 0.1) is 5.82 Å². The van der Waals surface area contributed by atoms with Gasteiger partial charge in [0, 0.05) is 67.7 Å². The Morgan fingerprint density at radius 1 is 1.06 bits per heavy atom. The number of hydrogen-bond donors (Lipinski definition) is 2. The average Bonchev–Trinajstić information content (AvgIpc) is 3.35. The molecule has 4 heterocycles. The molecule has 0 unspecified atom stereocenters. The predicted molar refractivity (Wildman–Crippen MR) is 139 cm³/mol. The molecule has 3 aromatic heterocycles. The third-order valence-corrected chi connectivity index (χ3v) is 6.58. The monoisotopic (exact) mass is 493 g/mol. The van der Waals surface area contributed by atoms with Gasteiger partial charge in [0.25, 0.3) is 0 Å². The number of anilines is 1. The number of nitrogens with zero attached hydrogens (tertiary/aromatic N) is 5. The number of halogens is 2. The van der Waals surface area contributed by atoms with Crippen LogP contribution in [-0.2, 0) is 0 Å². The van der Waals surface area contributed by atoms with Crippen molar-refractivity contribution in [3.63, 3.8) is 0 Å². The summed E-state index contributed by atoms with van der Waals surface area (Å²) in [4.78, 5) is 14.4. The van der Waals surface area contributed by atoms with Gasteiger partial charge in [0.15, 0.2) is 0 Å². The second-order valence-corrected chi connectivity index (χ2v) is 9.57. The molecule has 7 nitrogen and oxygen atoms in total. The predicted octanol–water partition coefficient (Wildman–Crippen LogP) is 4.60. The van der Waals surface area contributed by atoms with Gasteiger partial charge in [-0.15, -0.1) is 0 Å². The summed E-state index contributed by atoms with van der Waals surface area (Å²) < 4.78 is 14.5. The Kier molecular flexibility index (Phi) is 6.95. The first kappa shape index (κ1) is 23.7. The van der Waals surface area contributed by atoms with E-state index in [0.717, 1.165) is 56.0 Å². The van der Waals surface area contributed by atoms with E-state index in [9.17, 15) is 4.39 Å². The van der Waals surface area contributed by atoms with Crippen LogP contribution in [0.4, 0.5) is 10.1 Å². The van der Waals surface area contributed by atoms with E-state index in [1.54, 1.807) is 12.3 Å². The summed E-state index contributed by atoms with van der Waals surface area (Å²) in [5, 5.41) is 11.1. The highest BCUT2D eigenvalue weighted by molar-refractivity contribution is 6.30. The maximum atomic E-state index is 14.5. The first-order chi connectivity index (χ1) is 17.0. The molecular formula is C26H29ClFN7. The Balaban J connectivity index is 1.36. The maximum absolute atomic E-state index is 14.5. The third kappa shape index (κ3) is 5.29. The second-order valence-electron chi connectivity index (χ2n) is 9.14. The van der Waals surface area contributed by atoms with Crippen LogP contribution in [0.2, 0.25) is 5.02 Å². The Bertz CT molecular complexity index is 1310. The molecular weight excluding hydrogens is 465 g/mol. The topological polar surface area (TPSA) is 73.0 Å². The van der Waals surface area contributed by atoms with Gasteiger partial charge in [-0.25, -0.2) is 9.37 Å². The van der Waals surface area contributed by atoms with Crippen LogP contribution in [0.3, 0.4) is 0 Å². The Morgan fingerprint density at radius 3 is 2.69 bits per heavy atom. The van der Waals surface area contributed by atoms with E-state index in [4.69, 9.17) is 16.6 Å². The number of benzene rings is 1. The normalized spacial score (nSPS) is 14.8. The van der Waals surface area contributed by atoms with Crippen LogP contribution in [0.15, 0.2) is 48.8 Å². The Labute approximate surface area is 209 Å². The molecule has 0 atom stereocenters. The van der Waals surface area contributed by atoms with E-state index in [1.807, 2.05) is 18.3 Å². The molecule has 0 spiro atoms. The van der Waals surface area contributed by atoms with Crippen molar-refractivity contribution in [2.75, 3.05) is 44.2 Å². The van der Waals surface area contributed by atoms with Crippen molar-refractivity contribution >= 4 is 28.3 Å². The minimum absolute atomic E-state index is 0.337. The van der Waals surface area contributed by atoms with Gasteiger partial charge < -0.3 is 10.2 Å². The molecule has 1 aliphatic rings. The van der Waals surface area contributed by atoms with Gasteiger partial charge in [-0.3, -0.25) is 15.0 Å². The summed E-state index contributed by atoms with van der Waals surface area (Å²) in [6, 6.07) is 10.9. The fraction of sp³-hybridized carbons (Fsp3) is 0.346. The molecule has 1 aliphatic heterocycles. The largest absolute Gasteiger partial charge is 0.368 e. The van der Waals surface area contributed by atoms with Crippen LogP contribution >= 0.6 is 11.6 Å². The van der Waals surface area contributed by atoms with Crippen LogP contribution in [0.5, 0.6) is 0 Å². The number of nitrogens with one attached hydrogen (secondary N) is 2. The Hall–Kier alpha value is -3.07. The number of fused-ring (bicyclic) bond motifs is 1. The lowest BCUT2D eigenvalue weighted by Gasteiger charge is -2.36. The lowest BCUT2D eigenvalue weighted by atomic mass is 10.0. The van der Waals surface area contributed by atoms with Crippen molar-refractivity contribution in [2.45, 2.75) is 19.9 Å². The van der Waals surface area contributed by atoms with E-state index >= 15 is 0 Å². The van der Waals surface area contributed by atoms with E-state index < -0.39 is 0 Å². The van der Waals surface area contributed by atoms with Gasteiger partial charge in [0.1, 0.15) is 11.5 Å². The molecule has 0 bridgehead atoms. The number of hydrogen-bond acceptors (Lipinski definition) is 6. The summed E-state index contributed by atoms with van der Waals surface area (Å²) in [7, 11) is 0. The van der Waals surface area contributed by atoms with Gasteiger partial charge in [0.05, 0.1) is 28.6 Å². The summed E-state index contributed by atoms with van der Waals surface area (Å²) >= 11 is 6.11. The molecule has 0 amide bonds. The molecule has 182 valence electrons. The van der Waals surface area contributed by atoms with Crippen molar-refractivity contribution in [2.24, 2.45) is 0 Å². The summed E-state index contributed by atoms with van der Waals surface area (Å²) in [6.07, 6.45) is 3.65. The van der Waals surface area contributed by atoms with Crippen molar-refractivity contribution in [3.8, 4) is 22.5 Å². The number of aromatic amines is 1. The second kappa shape index (κ2) is 10.3. The minimum Gasteiger partial charge on any atom is -0.368 e. The first-order valence-electron chi connectivity index (χ1n) is 11.9. The van der Waals surface area contributed by atoms with Gasteiger partial charge >= 0.3 is 0 Å². The molecule has 1 fully saturated rings. The molecule has 4 aromatic rings. The molecule has 5 rings (SSSR count). The minimum atomic E-state index is -0.383. The molecule has 2 N–H and O–H groups in total. The van der Waals surface area contributed by atoms with Crippen molar-refractivity contribution in [1.82, 2.24) is 30.4 Å². The first-order valence-corrected chi connectivity index (χ1v) is 12.3. The van der Waals surface area contributed by atoms with Crippen LogP contribution in [0.1, 0.15) is 13.8 Å². The molecule has 0 saturated carbocycles. The SMILES string of the molecule is CC(C)NCCN1CCN(c2cnc3ccc(-c4c[nH]nc4-c4cc(Cl)ccc4F)nc3c2)CC1. The highest BCUT2D eigenvalue weighted by Gasteiger charge is 2.19. The quantitative estimate of drug-likeness (QED) is 0.392. The highest BCUT2D eigenvalue weighted by atomic mass is 35.5. The Morgan fingerprint density at radius 2 is 1.89 bits per heavy atom. The third-order valence-electron chi connectivity index (χ3n) is 6.34. The van der Waals surface area contributed by atoms with Crippen LogP contribution < -0.4 is 10.2 Å². The molecule has 9 heteroatoms. The molecule has 1 saturated heterocycles. The highest BCUT2D eigenvalue weighted by Crippen LogP contribution is 2.33. The van der Waals surface area contributed by atoms with Gasteiger partial charge in [-0.1, -0.05) is 25.4 Å². The standard InChI is InChI=1S/C26H29ClFN7/c1-17(2)29-7-8-34-9-11-35(12-10-34)19-14-25-24(30-15-19)6-5-23(32-25)21-16-31-33-26(21)20-13-18(27)3-4-22(20)28/h3-6,13-17,29H,7-12H2,1-2H3,(H,31,33). The van der Waals surface area contributed by atoms with Crippen molar-refractivity contribution < 1.29 is 4.39 Å². The van der Waals surface area contributed by atoms with Crippen LogP contribution in [0.25, 0.3) is 33.5 Å². The van der Waals surface area contributed by atoms with E-state index in [1.165, 1.54) is 12.1 Å². The van der Waals surface area contributed by atoms with Crippen molar-refractivity contribution in [3.05, 3.63) is 59.6 Å². The van der Waals surface area contributed by atoms with Gasteiger partial charge in [-0.2, -0.15) is 5.10 Å².